The van der Waals surface area contributed by atoms with Crippen molar-refractivity contribution in [1.82, 2.24) is 20.6 Å². The second-order valence-electron chi connectivity index (χ2n) is 1.25. The van der Waals surface area contributed by atoms with Gasteiger partial charge < -0.3 is 0 Å². The van der Waals surface area contributed by atoms with E-state index in [2.05, 4.69) is 27.5 Å². The lowest BCUT2D eigenvalue weighted by atomic mass is 10.4. The van der Waals surface area contributed by atoms with E-state index in [1.54, 1.807) is 0 Å². The molecule has 0 saturated carbocycles. The second-order valence-corrected chi connectivity index (χ2v) is 1.25. The van der Waals surface area contributed by atoms with Crippen LogP contribution in [0.2, 0.25) is 0 Å². The van der Waals surface area contributed by atoms with Crippen LogP contribution in [0.3, 0.4) is 0 Å². The maximum absolute atomic E-state index is 12.0. The van der Waals surface area contributed by atoms with E-state index < -0.39 is 6.17 Å². The minimum Gasteiger partial charge on any atom is -0.240 e. The van der Waals surface area contributed by atoms with Crippen molar-refractivity contribution in [3.63, 3.8) is 0 Å². The largest absolute Gasteiger partial charge is 0.240 e. The van der Waals surface area contributed by atoms with Gasteiger partial charge in [-0.05, 0) is 17.4 Å². The maximum atomic E-state index is 12.0. The van der Waals surface area contributed by atoms with Gasteiger partial charge in [0.1, 0.15) is 0 Å². The fourth-order valence-corrected chi connectivity index (χ4v) is 0.299. The van der Waals surface area contributed by atoms with Gasteiger partial charge in [0.25, 0.3) is 0 Å². The Kier molecular flexibility index (Phi) is 1.19. The Labute approximate surface area is 45.1 Å². The van der Waals surface area contributed by atoms with Gasteiger partial charge in [-0.2, -0.15) is 0 Å². The standard InChI is InChI=1S/C3H4FN4/c1-2(4)3-5-7-8-6-3/h2H,1H2,(H,5,6,7,8). The summed E-state index contributed by atoms with van der Waals surface area (Å²) in [6.45, 7) is 3.04. The monoisotopic (exact) mass is 115 g/mol. The molecule has 1 aromatic rings. The van der Waals surface area contributed by atoms with E-state index >= 15 is 0 Å². The molecule has 0 aromatic carbocycles. The van der Waals surface area contributed by atoms with E-state index in [4.69, 9.17) is 0 Å². The van der Waals surface area contributed by atoms with Gasteiger partial charge in [-0.15, -0.1) is 5.10 Å². The van der Waals surface area contributed by atoms with E-state index in [1.165, 1.54) is 0 Å². The van der Waals surface area contributed by atoms with Crippen LogP contribution < -0.4 is 0 Å². The molecular weight excluding hydrogens is 111 g/mol. The molecule has 43 valence electrons. The van der Waals surface area contributed by atoms with Crippen molar-refractivity contribution in [3.8, 4) is 0 Å². The highest BCUT2D eigenvalue weighted by Gasteiger charge is 2.04. The van der Waals surface area contributed by atoms with Crippen LogP contribution in [0.5, 0.6) is 0 Å². The molecule has 0 aliphatic carbocycles. The number of aromatic amines is 1. The molecular formula is C3H4FN4. The molecule has 0 fully saturated rings. The lowest BCUT2D eigenvalue weighted by molar-refractivity contribution is 0.393. The van der Waals surface area contributed by atoms with Crippen molar-refractivity contribution < 1.29 is 4.39 Å². The Hall–Kier alpha value is -1.00. The van der Waals surface area contributed by atoms with Crippen LogP contribution in [-0.2, 0) is 0 Å². The van der Waals surface area contributed by atoms with Crippen LogP contribution in [0.25, 0.3) is 0 Å². The Morgan fingerprint density at radius 2 is 2.50 bits per heavy atom. The first-order valence-corrected chi connectivity index (χ1v) is 2.01. The summed E-state index contributed by atoms with van der Waals surface area (Å²) in [6.07, 6.45) is -1.36. The minimum atomic E-state index is -1.36. The van der Waals surface area contributed by atoms with Crippen molar-refractivity contribution in [3.05, 3.63) is 12.7 Å². The van der Waals surface area contributed by atoms with Gasteiger partial charge in [0, 0.05) is 0 Å². The van der Waals surface area contributed by atoms with Crippen molar-refractivity contribution in [2.24, 2.45) is 0 Å². The number of halogens is 1. The number of aromatic nitrogens is 4. The highest BCUT2D eigenvalue weighted by molar-refractivity contribution is 4.84. The zero-order valence-electron chi connectivity index (χ0n) is 4.00. The van der Waals surface area contributed by atoms with Gasteiger partial charge in [0.05, 0.1) is 0 Å². The van der Waals surface area contributed by atoms with Crippen LogP contribution in [0, 0.1) is 6.92 Å². The molecule has 1 unspecified atom stereocenters. The van der Waals surface area contributed by atoms with Crippen molar-refractivity contribution in [2.75, 3.05) is 0 Å². The Balaban J connectivity index is 2.77. The number of hydrogen-bond donors (Lipinski definition) is 1. The average molecular weight is 115 g/mol. The molecule has 0 aliphatic heterocycles. The summed E-state index contributed by atoms with van der Waals surface area (Å²) in [6, 6.07) is 0. The van der Waals surface area contributed by atoms with Crippen LogP contribution in [0.4, 0.5) is 4.39 Å². The molecule has 0 aliphatic rings. The van der Waals surface area contributed by atoms with E-state index in [1.807, 2.05) is 0 Å². The molecule has 8 heavy (non-hydrogen) atoms. The number of hydrogen-bond acceptors (Lipinski definition) is 3. The predicted molar refractivity (Wildman–Crippen MR) is 23.4 cm³/mol. The van der Waals surface area contributed by atoms with Gasteiger partial charge >= 0.3 is 0 Å². The fourth-order valence-electron chi connectivity index (χ4n) is 0.299. The number of H-pyrrole nitrogens is 1. The molecule has 0 bridgehead atoms. The molecule has 0 saturated heterocycles. The Bertz CT molecular complexity index is 146. The van der Waals surface area contributed by atoms with Crippen molar-refractivity contribution >= 4 is 0 Å². The maximum Gasteiger partial charge on any atom is 0.183 e. The minimum absolute atomic E-state index is 0.0602. The second kappa shape index (κ2) is 1.85. The SMILES string of the molecule is [CH2]C(F)c1nnn[nH]1. The summed E-state index contributed by atoms with van der Waals surface area (Å²) in [5.74, 6) is 0.0602. The van der Waals surface area contributed by atoms with E-state index in [-0.39, 0.29) is 5.82 Å². The van der Waals surface area contributed by atoms with Gasteiger partial charge in [-0.3, -0.25) is 0 Å². The molecule has 4 nitrogen and oxygen atoms in total. The molecule has 5 heteroatoms. The third-order valence-corrected chi connectivity index (χ3v) is 0.658. The number of nitrogens with one attached hydrogen (secondary N) is 1. The number of rotatable bonds is 1. The molecule has 1 N–H and O–H groups in total. The van der Waals surface area contributed by atoms with Crippen LogP contribution >= 0.6 is 0 Å². The molecule has 0 spiro atoms. The first kappa shape index (κ1) is 5.14. The molecule has 1 rings (SSSR count). The third kappa shape index (κ3) is 0.800. The van der Waals surface area contributed by atoms with Crippen LogP contribution in [0.1, 0.15) is 12.0 Å². The van der Waals surface area contributed by atoms with Crippen LogP contribution in [-0.4, -0.2) is 20.6 Å². The number of nitrogens with zero attached hydrogens (tertiary/aromatic N) is 3. The summed E-state index contributed by atoms with van der Waals surface area (Å²) in [7, 11) is 0. The Morgan fingerprint density at radius 1 is 1.75 bits per heavy atom. The van der Waals surface area contributed by atoms with Gasteiger partial charge in [0.2, 0.25) is 0 Å². The lowest BCUT2D eigenvalue weighted by Gasteiger charge is -1.87. The zero-order chi connectivity index (χ0) is 5.98. The van der Waals surface area contributed by atoms with Gasteiger partial charge in [-0.25, -0.2) is 9.49 Å². The first-order chi connectivity index (χ1) is 3.80. The fraction of sp³-hybridized carbons (Fsp3) is 0.333. The smallest absolute Gasteiger partial charge is 0.183 e. The molecule has 1 heterocycles. The number of tetrazole rings is 1. The van der Waals surface area contributed by atoms with Crippen molar-refractivity contribution in [2.45, 2.75) is 6.17 Å². The quantitative estimate of drug-likeness (QED) is 0.562. The van der Waals surface area contributed by atoms with Gasteiger partial charge in [0.15, 0.2) is 12.0 Å². The lowest BCUT2D eigenvalue weighted by Crippen LogP contribution is -1.87. The van der Waals surface area contributed by atoms with E-state index in [0.717, 1.165) is 0 Å². The topological polar surface area (TPSA) is 54.5 Å². The average Bonchev–Trinajstić information content (AvgIpc) is 2.12. The predicted octanol–water partition coefficient (Wildman–Crippen LogP) is 0.0444. The number of alkyl halides is 1. The van der Waals surface area contributed by atoms with Crippen LogP contribution in [0.15, 0.2) is 0 Å². The van der Waals surface area contributed by atoms with E-state index in [0.29, 0.717) is 0 Å². The summed E-state index contributed by atoms with van der Waals surface area (Å²) in [5, 5.41) is 11.8. The Morgan fingerprint density at radius 3 is 2.75 bits per heavy atom. The third-order valence-electron chi connectivity index (χ3n) is 0.658. The zero-order valence-corrected chi connectivity index (χ0v) is 4.00. The summed E-state index contributed by atoms with van der Waals surface area (Å²) >= 11 is 0. The highest BCUT2D eigenvalue weighted by atomic mass is 19.1. The normalized spacial score (nSPS) is 13.8. The summed E-state index contributed by atoms with van der Waals surface area (Å²) in [4.78, 5) is 0. The summed E-state index contributed by atoms with van der Waals surface area (Å²) < 4.78 is 12.0. The van der Waals surface area contributed by atoms with Gasteiger partial charge in [-0.1, -0.05) is 0 Å². The molecule has 1 atom stereocenters. The molecule has 0 amide bonds. The summed E-state index contributed by atoms with van der Waals surface area (Å²) in [5.41, 5.74) is 0. The first-order valence-electron chi connectivity index (χ1n) is 2.01. The molecule has 1 radical (unpaired) electrons. The van der Waals surface area contributed by atoms with E-state index in [9.17, 15) is 4.39 Å². The van der Waals surface area contributed by atoms with Crippen molar-refractivity contribution in [1.29, 1.82) is 0 Å². The molecule has 1 aromatic heterocycles. The highest BCUT2D eigenvalue weighted by Crippen LogP contribution is 2.05.